The Labute approximate surface area is 91.3 Å². The summed E-state index contributed by atoms with van der Waals surface area (Å²) in [5, 5.41) is 2.73. The molecule has 0 radical (unpaired) electrons. The number of amides is 1. The van der Waals surface area contributed by atoms with E-state index in [4.69, 9.17) is 0 Å². The van der Waals surface area contributed by atoms with Crippen LogP contribution in [0, 0.1) is 6.92 Å². The summed E-state index contributed by atoms with van der Waals surface area (Å²) in [4.78, 5) is 19.2. The monoisotopic (exact) mass is 257 g/mol. The average molecular weight is 258 g/mol. The van der Waals surface area contributed by atoms with Crippen molar-refractivity contribution in [3.63, 3.8) is 0 Å². The predicted octanol–water partition coefficient (Wildman–Crippen LogP) is 1.18. The largest absolute Gasteiger partial charge is 0.349 e. The second-order valence-corrected chi connectivity index (χ2v) is 4.36. The molecule has 76 valence electrons. The molecule has 0 fully saturated rings. The number of hydrogen-bond donors (Lipinski definition) is 1. The van der Waals surface area contributed by atoms with Crippen LogP contribution in [0.15, 0.2) is 12.4 Å². The van der Waals surface area contributed by atoms with Crippen LogP contribution in [0.1, 0.15) is 18.3 Å². The van der Waals surface area contributed by atoms with E-state index >= 15 is 0 Å². The molecule has 1 aromatic rings. The summed E-state index contributed by atoms with van der Waals surface area (Å²) in [6, 6.07) is 0. The van der Waals surface area contributed by atoms with Gasteiger partial charge in [-0.2, -0.15) is 0 Å². The first-order chi connectivity index (χ1) is 6.59. The maximum absolute atomic E-state index is 11.2. The van der Waals surface area contributed by atoms with Gasteiger partial charge in [-0.25, -0.2) is 0 Å². The summed E-state index contributed by atoms with van der Waals surface area (Å²) in [5.41, 5.74) is 1.63. The minimum Gasteiger partial charge on any atom is -0.349 e. The minimum atomic E-state index is -0.180. The van der Waals surface area contributed by atoms with E-state index in [0.29, 0.717) is 6.54 Å². The molecular formula is C9H12BrN3O. The Kier molecular flexibility index (Phi) is 4.00. The average Bonchev–Trinajstić information content (AvgIpc) is 2.16. The maximum atomic E-state index is 11.2. The van der Waals surface area contributed by atoms with Crippen LogP contribution in [0.4, 0.5) is 0 Å². The molecule has 0 bridgehead atoms. The fraction of sp³-hybridized carbons (Fsp3) is 0.444. The van der Waals surface area contributed by atoms with E-state index in [0.717, 1.165) is 11.4 Å². The number of halogens is 1. The minimum absolute atomic E-state index is 0.0487. The molecule has 1 rings (SSSR count). The van der Waals surface area contributed by atoms with Crippen molar-refractivity contribution in [1.29, 1.82) is 0 Å². The van der Waals surface area contributed by atoms with Crippen LogP contribution < -0.4 is 5.32 Å². The van der Waals surface area contributed by atoms with Gasteiger partial charge in [0.05, 0.1) is 29.0 Å². The highest BCUT2D eigenvalue weighted by molar-refractivity contribution is 9.10. The number of carbonyl (C=O) groups is 1. The molecule has 0 saturated heterocycles. The van der Waals surface area contributed by atoms with Crippen molar-refractivity contribution in [3.05, 3.63) is 23.8 Å². The van der Waals surface area contributed by atoms with Crippen molar-refractivity contribution in [1.82, 2.24) is 15.3 Å². The van der Waals surface area contributed by atoms with E-state index < -0.39 is 0 Å². The first-order valence-corrected chi connectivity index (χ1v) is 5.20. The van der Waals surface area contributed by atoms with Crippen LogP contribution in [0.2, 0.25) is 0 Å². The van der Waals surface area contributed by atoms with Gasteiger partial charge in [0.15, 0.2) is 0 Å². The zero-order valence-corrected chi connectivity index (χ0v) is 9.71. The number of alkyl halides is 1. The molecule has 0 aliphatic carbocycles. The third-order valence-electron chi connectivity index (χ3n) is 1.64. The molecule has 1 N–H and O–H groups in total. The zero-order chi connectivity index (χ0) is 10.6. The lowest BCUT2D eigenvalue weighted by Crippen LogP contribution is -2.29. The van der Waals surface area contributed by atoms with Crippen molar-refractivity contribution >= 4 is 21.8 Å². The Morgan fingerprint density at radius 2 is 2.29 bits per heavy atom. The topological polar surface area (TPSA) is 54.9 Å². The number of rotatable bonds is 3. The van der Waals surface area contributed by atoms with Gasteiger partial charge < -0.3 is 5.32 Å². The number of nitrogens with one attached hydrogen (secondary N) is 1. The van der Waals surface area contributed by atoms with Gasteiger partial charge in [-0.15, -0.1) is 0 Å². The quantitative estimate of drug-likeness (QED) is 0.828. The van der Waals surface area contributed by atoms with Crippen LogP contribution in [0.3, 0.4) is 0 Å². The molecule has 0 aliphatic rings. The smallest absolute Gasteiger partial charge is 0.233 e. The van der Waals surface area contributed by atoms with Gasteiger partial charge in [0.2, 0.25) is 5.91 Å². The molecule has 0 saturated carbocycles. The summed E-state index contributed by atoms with van der Waals surface area (Å²) in [6.45, 7) is 4.06. The molecule has 1 aromatic heterocycles. The normalized spacial score (nSPS) is 12.2. The van der Waals surface area contributed by atoms with Crippen LogP contribution >= 0.6 is 15.9 Å². The highest BCUT2D eigenvalue weighted by Gasteiger charge is 2.07. The molecule has 1 amide bonds. The van der Waals surface area contributed by atoms with E-state index in [9.17, 15) is 4.79 Å². The van der Waals surface area contributed by atoms with Crippen LogP contribution in [0.25, 0.3) is 0 Å². The molecule has 1 unspecified atom stereocenters. The number of hydrogen-bond acceptors (Lipinski definition) is 3. The van der Waals surface area contributed by atoms with Gasteiger partial charge in [-0.05, 0) is 13.8 Å². The second kappa shape index (κ2) is 5.05. The number of aromatic nitrogens is 2. The molecular weight excluding hydrogens is 246 g/mol. The van der Waals surface area contributed by atoms with Gasteiger partial charge in [0, 0.05) is 6.20 Å². The molecule has 14 heavy (non-hydrogen) atoms. The molecule has 5 heteroatoms. The van der Waals surface area contributed by atoms with E-state index in [1.165, 1.54) is 0 Å². The van der Waals surface area contributed by atoms with Crippen molar-refractivity contribution in [2.45, 2.75) is 25.2 Å². The first-order valence-electron chi connectivity index (χ1n) is 4.29. The van der Waals surface area contributed by atoms with E-state index in [-0.39, 0.29) is 10.7 Å². The van der Waals surface area contributed by atoms with Crippen molar-refractivity contribution < 1.29 is 4.79 Å². The van der Waals surface area contributed by atoms with Gasteiger partial charge in [-0.3, -0.25) is 14.8 Å². The van der Waals surface area contributed by atoms with Gasteiger partial charge in [-0.1, -0.05) is 15.9 Å². The lowest BCUT2D eigenvalue weighted by Gasteiger charge is -2.05. The number of nitrogens with zero attached hydrogens (tertiary/aromatic N) is 2. The van der Waals surface area contributed by atoms with E-state index in [2.05, 4.69) is 31.2 Å². The zero-order valence-electron chi connectivity index (χ0n) is 8.12. The maximum Gasteiger partial charge on any atom is 0.233 e. The molecule has 1 atom stereocenters. The fourth-order valence-electron chi connectivity index (χ4n) is 0.829. The van der Waals surface area contributed by atoms with Crippen LogP contribution in [-0.2, 0) is 11.3 Å². The van der Waals surface area contributed by atoms with Gasteiger partial charge >= 0.3 is 0 Å². The lowest BCUT2D eigenvalue weighted by molar-refractivity contribution is -0.120. The van der Waals surface area contributed by atoms with Crippen LogP contribution in [0.5, 0.6) is 0 Å². The Hall–Kier alpha value is -0.970. The van der Waals surface area contributed by atoms with Crippen LogP contribution in [-0.4, -0.2) is 20.7 Å². The lowest BCUT2D eigenvalue weighted by atomic mass is 10.4. The summed E-state index contributed by atoms with van der Waals surface area (Å²) in [6.07, 6.45) is 3.34. The Morgan fingerprint density at radius 1 is 1.57 bits per heavy atom. The highest BCUT2D eigenvalue weighted by atomic mass is 79.9. The summed E-state index contributed by atoms with van der Waals surface area (Å²) < 4.78 is 0. The van der Waals surface area contributed by atoms with Gasteiger partial charge in [0.25, 0.3) is 0 Å². The molecule has 4 nitrogen and oxygen atoms in total. The highest BCUT2D eigenvalue weighted by Crippen LogP contribution is 1.98. The van der Waals surface area contributed by atoms with E-state index in [1.807, 2.05) is 6.92 Å². The van der Waals surface area contributed by atoms with Crippen molar-refractivity contribution in [2.75, 3.05) is 0 Å². The van der Waals surface area contributed by atoms with Crippen molar-refractivity contribution in [2.24, 2.45) is 0 Å². The molecule has 0 aliphatic heterocycles. The number of carbonyl (C=O) groups excluding carboxylic acids is 1. The summed E-state index contributed by atoms with van der Waals surface area (Å²) in [7, 11) is 0. The summed E-state index contributed by atoms with van der Waals surface area (Å²) >= 11 is 3.18. The molecule has 0 aromatic carbocycles. The fourth-order valence-corrected chi connectivity index (χ4v) is 0.991. The van der Waals surface area contributed by atoms with E-state index in [1.54, 1.807) is 19.3 Å². The second-order valence-electron chi connectivity index (χ2n) is 2.98. The SMILES string of the molecule is Cc1cnc(CNC(=O)C(C)Br)cn1. The Bertz CT molecular complexity index is 310. The predicted molar refractivity (Wildman–Crippen MR) is 57.0 cm³/mol. The summed E-state index contributed by atoms with van der Waals surface area (Å²) in [5.74, 6) is -0.0487. The van der Waals surface area contributed by atoms with Crippen molar-refractivity contribution in [3.8, 4) is 0 Å². The Morgan fingerprint density at radius 3 is 2.79 bits per heavy atom. The molecule has 0 spiro atoms. The third-order valence-corrected chi connectivity index (χ3v) is 2.06. The third kappa shape index (κ3) is 3.41. The first kappa shape index (κ1) is 11.1. The molecule has 1 heterocycles. The Balaban J connectivity index is 2.46. The number of aryl methyl sites for hydroxylation is 1. The standard InChI is InChI=1S/C9H12BrN3O/c1-6-3-12-8(4-11-6)5-13-9(14)7(2)10/h3-4,7H,5H2,1-2H3,(H,13,14). The van der Waals surface area contributed by atoms with Gasteiger partial charge in [0.1, 0.15) is 0 Å².